The Morgan fingerprint density at radius 3 is 2.64 bits per heavy atom. The van der Waals surface area contributed by atoms with Crippen molar-refractivity contribution in [1.29, 1.82) is 10.7 Å². The van der Waals surface area contributed by atoms with Crippen LogP contribution in [-0.4, -0.2) is 39.3 Å². The maximum absolute atomic E-state index is 9.06. The van der Waals surface area contributed by atoms with E-state index in [2.05, 4.69) is 31.6 Å². The van der Waals surface area contributed by atoms with Gasteiger partial charge in [-0.3, -0.25) is 15.3 Å². The third-order valence-electron chi connectivity index (χ3n) is 6.61. The minimum atomic E-state index is 0.270. The van der Waals surface area contributed by atoms with Gasteiger partial charge in [0.25, 0.3) is 0 Å². The first-order valence-electron chi connectivity index (χ1n) is 12.5. The fraction of sp³-hybridized carbons (Fsp3) is 0.100. The van der Waals surface area contributed by atoms with Crippen LogP contribution in [0.1, 0.15) is 11.3 Å². The third kappa shape index (κ3) is 4.67. The Kier molecular flexibility index (Phi) is 6.19. The van der Waals surface area contributed by atoms with Crippen molar-refractivity contribution in [3.05, 3.63) is 114 Å². The molecule has 0 unspecified atom stereocenters. The standard InChI is InChI=1S/C30H25N9/c1-38-15-5-8-24(28(38)32)29-37-26-14-13-25(21-6-3-2-4-7-21)36-30(26)39(29)23-11-9-20(10-12-23)17-34-27-19-33-18-22(16-31)35-27/h2-14,18-19,32,37H,15,17H2,1H3,(H,34,35)/b29-24+,32-28?. The minimum absolute atomic E-state index is 0.270. The molecule has 4 heterocycles. The Morgan fingerprint density at radius 1 is 1.03 bits per heavy atom. The molecule has 190 valence electrons. The predicted molar refractivity (Wildman–Crippen MR) is 152 cm³/mol. The smallest absolute Gasteiger partial charge is 0.163 e. The molecule has 0 radical (unpaired) electrons. The summed E-state index contributed by atoms with van der Waals surface area (Å²) >= 11 is 0. The molecule has 0 spiro atoms. The molecule has 0 aliphatic carbocycles. The van der Waals surface area contributed by atoms with E-state index in [1.54, 1.807) is 6.20 Å². The van der Waals surface area contributed by atoms with E-state index < -0.39 is 0 Å². The molecule has 2 aromatic heterocycles. The largest absolute Gasteiger partial charge is 0.365 e. The van der Waals surface area contributed by atoms with E-state index in [1.165, 1.54) is 6.20 Å². The van der Waals surface area contributed by atoms with Crippen LogP contribution in [0.25, 0.3) is 11.3 Å². The highest BCUT2D eigenvalue weighted by molar-refractivity contribution is 6.03. The molecule has 0 atom stereocenters. The number of nitrogens with one attached hydrogen (secondary N) is 3. The van der Waals surface area contributed by atoms with Crippen LogP contribution in [0.2, 0.25) is 0 Å². The van der Waals surface area contributed by atoms with E-state index in [1.807, 2.05) is 90.8 Å². The fourth-order valence-corrected chi connectivity index (χ4v) is 4.57. The van der Waals surface area contributed by atoms with Crippen LogP contribution in [0.4, 0.5) is 23.0 Å². The lowest BCUT2D eigenvalue weighted by Crippen LogP contribution is -2.33. The summed E-state index contributed by atoms with van der Waals surface area (Å²) < 4.78 is 0. The summed E-state index contributed by atoms with van der Waals surface area (Å²) in [4.78, 5) is 17.3. The number of rotatable bonds is 5. The Bertz CT molecular complexity index is 1650. The van der Waals surface area contributed by atoms with Crippen molar-refractivity contribution in [2.75, 3.05) is 29.1 Å². The van der Waals surface area contributed by atoms with Gasteiger partial charge < -0.3 is 15.5 Å². The molecule has 9 nitrogen and oxygen atoms in total. The Morgan fingerprint density at radius 2 is 1.85 bits per heavy atom. The predicted octanol–water partition coefficient (Wildman–Crippen LogP) is 5.28. The van der Waals surface area contributed by atoms with Crippen LogP contribution >= 0.6 is 0 Å². The first-order valence-corrected chi connectivity index (χ1v) is 12.5. The van der Waals surface area contributed by atoms with Crippen LogP contribution < -0.4 is 15.5 Å². The van der Waals surface area contributed by atoms with Gasteiger partial charge in [0.2, 0.25) is 0 Å². The number of pyridine rings is 1. The van der Waals surface area contributed by atoms with E-state index in [-0.39, 0.29) is 5.69 Å². The van der Waals surface area contributed by atoms with Crippen LogP contribution in [0.15, 0.2) is 103 Å². The summed E-state index contributed by atoms with van der Waals surface area (Å²) in [5.74, 6) is 2.57. The molecule has 39 heavy (non-hydrogen) atoms. The van der Waals surface area contributed by atoms with Crippen molar-refractivity contribution in [2.24, 2.45) is 0 Å². The van der Waals surface area contributed by atoms with E-state index >= 15 is 0 Å². The van der Waals surface area contributed by atoms with Gasteiger partial charge in [-0.15, -0.1) is 0 Å². The average molecular weight is 512 g/mol. The Balaban J connectivity index is 1.36. The van der Waals surface area contributed by atoms with Crippen molar-refractivity contribution in [3.8, 4) is 17.3 Å². The molecule has 0 saturated carbocycles. The van der Waals surface area contributed by atoms with Gasteiger partial charge in [0.1, 0.15) is 23.5 Å². The van der Waals surface area contributed by atoms with E-state index in [0.29, 0.717) is 24.7 Å². The summed E-state index contributed by atoms with van der Waals surface area (Å²) in [6.07, 6.45) is 7.09. The fourth-order valence-electron chi connectivity index (χ4n) is 4.57. The second kappa shape index (κ2) is 10.1. The van der Waals surface area contributed by atoms with Gasteiger partial charge >= 0.3 is 0 Å². The average Bonchev–Trinajstić information content (AvgIpc) is 3.37. The third-order valence-corrected chi connectivity index (χ3v) is 6.61. The second-order valence-electron chi connectivity index (χ2n) is 9.21. The maximum Gasteiger partial charge on any atom is 0.163 e. The van der Waals surface area contributed by atoms with E-state index in [0.717, 1.165) is 45.4 Å². The number of hydrogen-bond donors (Lipinski definition) is 3. The monoisotopic (exact) mass is 511 g/mol. The molecule has 0 fully saturated rings. The van der Waals surface area contributed by atoms with Crippen LogP contribution in [0, 0.1) is 16.7 Å². The van der Waals surface area contributed by atoms with Crippen LogP contribution in [0.3, 0.4) is 0 Å². The van der Waals surface area contributed by atoms with Crippen molar-refractivity contribution in [1.82, 2.24) is 19.9 Å². The number of benzene rings is 2. The Labute approximate surface area is 226 Å². The van der Waals surface area contributed by atoms with Crippen LogP contribution in [0.5, 0.6) is 0 Å². The summed E-state index contributed by atoms with van der Waals surface area (Å²) in [6.45, 7) is 1.23. The SMILES string of the molecule is CN1CC=C/C(=C2/Nc3ccc(-c4ccccc4)nc3N2c2ccc(CNc3cncc(C#N)n3)cc2)C1=N. The molecule has 6 rings (SSSR count). The molecule has 3 N–H and O–H groups in total. The van der Waals surface area contributed by atoms with Crippen molar-refractivity contribution in [3.63, 3.8) is 0 Å². The lowest BCUT2D eigenvalue weighted by Gasteiger charge is -2.27. The van der Waals surface area contributed by atoms with Crippen molar-refractivity contribution >= 4 is 28.8 Å². The summed E-state index contributed by atoms with van der Waals surface area (Å²) in [5.41, 5.74) is 5.83. The van der Waals surface area contributed by atoms with Gasteiger partial charge in [-0.1, -0.05) is 48.5 Å². The second-order valence-corrected chi connectivity index (χ2v) is 9.21. The number of nitriles is 1. The summed E-state index contributed by atoms with van der Waals surface area (Å²) in [7, 11) is 1.92. The number of aromatic nitrogens is 3. The molecule has 0 bridgehead atoms. The maximum atomic E-state index is 9.06. The quantitative estimate of drug-likeness (QED) is 0.332. The normalized spacial score (nSPS) is 16.1. The number of likely N-dealkylation sites (N-methyl/N-ethyl adjacent to an activating group) is 1. The zero-order valence-corrected chi connectivity index (χ0v) is 21.3. The highest BCUT2D eigenvalue weighted by Gasteiger charge is 2.31. The molecular weight excluding hydrogens is 486 g/mol. The van der Waals surface area contributed by atoms with E-state index in [9.17, 15) is 0 Å². The highest BCUT2D eigenvalue weighted by Crippen LogP contribution is 2.43. The summed E-state index contributed by atoms with van der Waals surface area (Å²) in [6, 6.07) is 24.3. The van der Waals surface area contributed by atoms with Gasteiger partial charge in [0.05, 0.1) is 29.3 Å². The molecule has 0 saturated heterocycles. The van der Waals surface area contributed by atoms with Gasteiger partial charge in [-0.25, -0.2) is 9.97 Å². The molecule has 9 heteroatoms. The molecule has 4 aromatic rings. The number of amidine groups is 1. The number of hydrogen-bond acceptors (Lipinski definition) is 8. The molecule has 2 aliphatic rings. The lowest BCUT2D eigenvalue weighted by molar-refractivity contribution is 0.553. The molecule has 0 amide bonds. The topological polar surface area (TPSA) is 117 Å². The summed E-state index contributed by atoms with van der Waals surface area (Å²) in [5, 5.41) is 24.6. The minimum Gasteiger partial charge on any atom is -0.365 e. The van der Waals surface area contributed by atoms with E-state index in [4.69, 9.17) is 15.7 Å². The highest BCUT2D eigenvalue weighted by atomic mass is 15.4. The van der Waals surface area contributed by atoms with Crippen LogP contribution in [-0.2, 0) is 6.54 Å². The molecule has 2 aromatic carbocycles. The Hall–Kier alpha value is -5.49. The number of fused-ring (bicyclic) bond motifs is 1. The van der Waals surface area contributed by atoms with Gasteiger partial charge in [0, 0.05) is 31.4 Å². The van der Waals surface area contributed by atoms with Crippen molar-refractivity contribution < 1.29 is 0 Å². The lowest BCUT2D eigenvalue weighted by atomic mass is 10.1. The zero-order chi connectivity index (χ0) is 26.8. The molecule has 2 aliphatic heterocycles. The first-order chi connectivity index (χ1) is 19.1. The number of anilines is 4. The van der Waals surface area contributed by atoms with Crippen molar-refractivity contribution in [2.45, 2.75) is 6.54 Å². The molecular formula is C30H25N9. The van der Waals surface area contributed by atoms with Gasteiger partial charge in [0.15, 0.2) is 11.5 Å². The number of nitrogens with zero attached hydrogens (tertiary/aromatic N) is 6. The van der Waals surface area contributed by atoms with Gasteiger partial charge in [-0.2, -0.15) is 5.26 Å². The van der Waals surface area contributed by atoms with Gasteiger partial charge in [-0.05, 0) is 35.9 Å². The zero-order valence-electron chi connectivity index (χ0n) is 21.3. The first kappa shape index (κ1) is 23.9.